The van der Waals surface area contributed by atoms with Crippen LogP contribution in [-0.4, -0.2) is 54.9 Å². The van der Waals surface area contributed by atoms with Gasteiger partial charge in [0.2, 0.25) is 6.41 Å². The molecule has 0 aromatic heterocycles. The van der Waals surface area contributed by atoms with Gasteiger partial charge < -0.3 is 10.0 Å². The number of aliphatic hydroxyl groups excluding tert-OH is 1. The zero-order valence-corrected chi connectivity index (χ0v) is 19.6. The average molecular weight is 475 g/mol. The number of amides is 2. The molecule has 8 heteroatoms. The number of aliphatic hydroxyl groups is 1. The summed E-state index contributed by atoms with van der Waals surface area (Å²) in [6.07, 6.45) is 0.626. The summed E-state index contributed by atoms with van der Waals surface area (Å²) >= 11 is 0. The zero-order valence-electron chi connectivity index (χ0n) is 19.6. The molecule has 0 saturated heterocycles. The number of hydrazone groups is 1. The lowest BCUT2D eigenvalue weighted by atomic mass is 9.83. The smallest absolute Gasteiger partial charge is 0.258 e. The molecular weight excluding hydrogens is 447 g/mol. The maximum absolute atomic E-state index is 13.9. The number of amidine groups is 1. The van der Waals surface area contributed by atoms with E-state index in [4.69, 9.17) is 0 Å². The Balaban J connectivity index is 1.78. The summed E-state index contributed by atoms with van der Waals surface area (Å²) < 4.78 is 13.9. The minimum absolute atomic E-state index is 0.149. The highest BCUT2D eigenvalue weighted by molar-refractivity contribution is 6.09. The SMILES string of the molecule is CCN(C=O)/C(CO)=N\N(C)c1ccc2c(c1)C(c1ccccc1)CN(c1cccc(F)c1)C2=O. The molecule has 3 aromatic carbocycles. The normalized spacial score (nSPS) is 15.5. The van der Waals surface area contributed by atoms with Crippen LogP contribution in [0.1, 0.15) is 34.3 Å². The molecule has 1 N–H and O–H groups in total. The Labute approximate surface area is 203 Å². The minimum atomic E-state index is -0.400. The summed E-state index contributed by atoms with van der Waals surface area (Å²) in [7, 11) is 1.72. The second-order valence-corrected chi connectivity index (χ2v) is 8.22. The Hall–Kier alpha value is -4.04. The van der Waals surface area contributed by atoms with E-state index in [1.54, 1.807) is 48.1 Å². The van der Waals surface area contributed by atoms with Crippen molar-refractivity contribution in [1.29, 1.82) is 0 Å². The number of carbonyl (C=O) groups excluding carboxylic acids is 2. The number of fused-ring (bicyclic) bond motifs is 1. The summed E-state index contributed by atoms with van der Waals surface area (Å²) in [5.41, 5.74) is 3.60. The van der Waals surface area contributed by atoms with E-state index in [0.717, 1.165) is 11.1 Å². The first-order valence-corrected chi connectivity index (χ1v) is 11.4. The predicted octanol–water partition coefficient (Wildman–Crippen LogP) is 3.84. The third-order valence-electron chi connectivity index (χ3n) is 6.15. The second kappa shape index (κ2) is 10.5. The number of nitrogens with zero attached hydrogens (tertiary/aromatic N) is 4. The fraction of sp³-hybridized carbons (Fsp3) is 0.222. The Morgan fingerprint density at radius 2 is 1.91 bits per heavy atom. The van der Waals surface area contributed by atoms with E-state index in [9.17, 15) is 19.1 Å². The summed E-state index contributed by atoms with van der Waals surface area (Å²) in [5.74, 6) is -0.535. The number of rotatable bonds is 7. The predicted molar refractivity (Wildman–Crippen MR) is 134 cm³/mol. The van der Waals surface area contributed by atoms with Gasteiger partial charge in [0, 0.05) is 37.3 Å². The van der Waals surface area contributed by atoms with Gasteiger partial charge in [-0.25, -0.2) is 4.39 Å². The molecule has 1 aliphatic rings. The number of likely N-dealkylation sites (N-methyl/N-ethyl adjacent to an activating group) is 1. The molecule has 0 fully saturated rings. The molecule has 0 saturated carbocycles. The van der Waals surface area contributed by atoms with Gasteiger partial charge in [0.25, 0.3) is 5.91 Å². The van der Waals surface area contributed by atoms with Crippen LogP contribution in [0.3, 0.4) is 0 Å². The molecule has 7 nitrogen and oxygen atoms in total. The van der Waals surface area contributed by atoms with Crippen molar-refractivity contribution in [3.05, 3.63) is 95.3 Å². The van der Waals surface area contributed by atoms with Crippen LogP contribution in [0.5, 0.6) is 0 Å². The minimum Gasteiger partial charge on any atom is -0.388 e. The molecule has 2 amide bonds. The highest BCUT2D eigenvalue weighted by Crippen LogP contribution is 2.37. The van der Waals surface area contributed by atoms with Gasteiger partial charge >= 0.3 is 0 Å². The Morgan fingerprint density at radius 1 is 1.14 bits per heavy atom. The summed E-state index contributed by atoms with van der Waals surface area (Å²) in [4.78, 5) is 27.7. The topological polar surface area (TPSA) is 76.5 Å². The summed E-state index contributed by atoms with van der Waals surface area (Å²) in [5, 5.41) is 15.7. The molecule has 0 aliphatic carbocycles. The van der Waals surface area contributed by atoms with Crippen LogP contribution >= 0.6 is 0 Å². The van der Waals surface area contributed by atoms with Crippen LogP contribution in [0.15, 0.2) is 77.9 Å². The molecule has 0 spiro atoms. The molecular formula is C27H27FN4O3. The molecule has 35 heavy (non-hydrogen) atoms. The number of halogens is 1. The number of hydrogen-bond donors (Lipinski definition) is 1. The van der Waals surface area contributed by atoms with E-state index >= 15 is 0 Å². The zero-order chi connectivity index (χ0) is 24.9. The monoisotopic (exact) mass is 474 g/mol. The third kappa shape index (κ3) is 4.93. The highest BCUT2D eigenvalue weighted by Gasteiger charge is 2.33. The van der Waals surface area contributed by atoms with Crippen LogP contribution in [0, 0.1) is 5.82 Å². The Bertz CT molecular complexity index is 1250. The van der Waals surface area contributed by atoms with Crippen LogP contribution in [0.2, 0.25) is 0 Å². The quantitative estimate of drug-likeness (QED) is 0.244. The molecule has 3 aromatic rings. The molecule has 180 valence electrons. The molecule has 1 heterocycles. The fourth-order valence-electron chi connectivity index (χ4n) is 4.31. The maximum atomic E-state index is 13.9. The van der Waals surface area contributed by atoms with Crippen molar-refractivity contribution in [2.75, 3.05) is 36.7 Å². The van der Waals surface area contributed by atoms with Gasteiger partial charge in [-0.2, -0.15) is 5.10 Å². The highest BCUT2D eigenvalue weighted by atomic mass is 19.1. The maximum Gasteiger partial charge on any atom is 0.258 e. The molecule has 0 radical (unpaired) electrons. The van der Waals surface area contributed by atoms with Gasteiger partial charge in [0.05, 0.1) is 5.69 Å². The van der Waals surface area contributed by atoms with Crippen molar-refractivity contribution < 1.29 is 19.1 Å². The lowest BCUT2D eigenvalue weighted by Crippen LogP contribution is -2.40. The Morgan fingerprint density at radius 3 is 2.57 bits per heavy atom. The first-order valence-electron chi connectivity index (χ1n) is 11.4. The van der Waals surface area contributed by atoms with Gasteiger partial charge in [-0.1, -0.05) is 36.4 Å². The van der Waals surface area contributed by atoms with Crippen LogP contribution in [-0.2, 0) is 4.79 Å². The third-order valence-corrected chi connectivity index (χ3v) is 6.15. The summed E-state index contributed by atoms with van der Waals surface area (Å²) in [6, 6.07) is 21.3. The lowest BCUT2D eigenvalue weighted by Gasteiger charge is -2.35. The van der Waals surface area contributed by atoms with E-state index in [1.807, 2.05) is 36.4 Å². The van der Waals surface area contributed by atoms with E-state index < -0.39 is 12.4 Å². The first kappa shape index (κ1) is 24.1. The number of carbonyl (C=O) groups is 2. The van der Waals surface area contributed by atoms with E-state index in [2.05, 4.69) is 5.10 Å². The molecule has 1 unspecified atom stereocenters. The first-order chi connectivity index (χ1) is 17.0. The van der Waals surface area contributed by atoms with Crippen molar-refractivity contribution in [3.8, 4) is 0 Å². The number of benzene rings is 3. The van der Waals surface area contributed by atoms with Crippen LogP contribution in [0.25, 0.3) is 0 Å². The largest absolute Gasteiger partial charge is 0.388 e. The van der Waals surface area contributed by atoms with Crippen LogP contribution in [0.4, 0.5) is 15.8 Å². The molecule has 0 bridgehead atoms. The molecule has 1 aliphatic heterocycles. The molecule has 1 atom stereocenters. The van der Waals surface area contributed by atoms with Crippen molar-refractivity contribution in [1.82, 2.24) is 4.90 Å². The lowest BCUT2D eigenvalue weighted by molar-refractivity contribution is -0.114. The van der Waals surface area contributed by atoms with Gasteiger partial charge in [0.15, 0.2) is 5.84 Å². The second-order valence-electron chi connectivity index (χ2n) is 8.22. The van der Waals surface area contributed by atoms with Crippen molar-refractivity contribution in [2.24, 2.45) is 5.10 Å². The summed E-state index contributed by atoms with van der Waals surface area (Å²) in [6.45, 7) is 2.13. The van der Waals surface area contributed by atoms with E-state index in [-0.39, 0.29) is 17.7 Å². The van der Waals surface area contributed by atoms with Crippen molar-refractivity contribution in [2.45, 2.75) is 12.8 Å². The van der Waals surface area contributed by atoms with Crippen LogP contribution < -0.4 is 9.91 Å². The van der Waals surface area contributed by atoms with Gasteiger partial charge in [-0.05, 0) is 54.4 Å². The van der Waals surface area contributed by atoms with Gasteiger partial charge in [0.1, 0.15) is 12.4 Å². The number of anilines is 2. The molecule has 4 rings (SSSR count). The van der Waals surface area contributed by atoms with Crippen molar-refractivity contribution in [3.63, 3.8) is 0 Å². The Kier molecular flexibility index (Phi) is 7.22. The number of hydrogen-bond acceptors (Lipinski definition) is 5. The van der Waals surface area contributed by atoms with E-state index in [1.165, 1.54) is 17.0 Å². The standard InChI is InChI=1S/C27H27FN4O3/c1-3-31(18-34)26(17-33)29-30(2)21-12-13-23-24(15-21)25(19-8-5-4-6-9-19)16-32(27(23)35)22-11-7-10-20(28)14-22/h4-15,18,25,33H,3,16-17H2,1-2H3/b29-26-. The van der Waals surface area contributed by atoms with E-state index in [0.29, 0.717) is 36.4 Å². The van der Waals surface area contributed by atoms with Gasteiger partial charge in [-0.15, -0.1) is 0 Å². The van der Waals surface area contributed by atoms with Crippen molar-refractivity contribution >= 4 is 29.5 Å². The average Bonchev–Trinajstić information content (AvgIpc) is 2.89. The van der Waals surface area contributed by atoms with Gasteiger partial charge in [-0.3, -0.25) is 19.5 Å². The fourth-order valence-corrected chi connectivity index (χ4v) is 4.31.